The van der Waals surface area contributed by atoms with Gasteiger partial charge in [-0.3, -0.25) is 4.79 Å². The summed E-state index contributed by atoms with van der Waals surface area (Å²) in [6.45, 7) is 0.874. The van der Waals surface area contributed by atoms with Gasteiger partial charge in [-0.2, -0.15) is 4.57 Å². The monoisotopic (exact) mass is 324 g/mol. The Morgan fingerprint density at radius 1 is 1.00 bits per heavy atom. The normalized spacial score (nSPS) is 10.9. The lowest BCUT2D eigenvalue weighted by Crippen LogP contribution is -2.45. The molecule has 24 heavy (non-hydrogen) atoms. The Hall–Kier alpha value is -2.99. The summed E-state index contributed by atoms with van der Waals surface area (Å²) in [6, 6.07) is 14.4. The molecule has 0 fully saturated rings. The van der Waals surface area contributed by atoms with E-state index in [1.54, 1.807) is 24.3 Å². The highest BCUT2D eigenvalue weighted by Gasteiger charge is 2.24. The second-order valence-corrected chi connectivity index (χ2v) is 5.44. The summed E-state index contributed by atoms with van der Waals surface area (Å²) in [5.41, 5.74) is 7.08. The maximum absolute atomic E-state index is 12.2. The number of nitrogens with one attached hydrogen (secondary N) is 1. The number of pyridine rings is 1. The molecule has 1 heterocycles. The van der Waals surface area contributed by atoms with Gasteiger partial charge in [0.15, 0.2) is 0 Å². The molecule has 6 nitrogen and oxygen atoms in total. The van der Waals surface area contributed by atoms with Gasteiger partial charge in [-0.25, -0.2) is 4.79 Å². The first-order valence-corrected chi connectivity index (χ1v) is 7.67. The number of benzene rings is 2. The minimum Gasteiger partial charge on any atom is -0.478 e. The maximum Gasteiger partial charge on any atom is 0.337 e. The van der Waals surface area contributed by atoms with E-state index in [-0.39, 0.29) is 18.0 Å². The number of nitrogens with two attached hydrogens (primary N) is 1. The van der Waals surface area contributed by atoms with Crippen LogP contribution >= 0.6 is 0 Å². The van der Waals surface area contributed by atoms with E-state index >= 15 is 0 Å². The van der Waals surface area contributed by atoms with Crippen molar-refractivity contribution in [3.8, 4) is 0 Å². The molecule has 2 aromatic carbocycles. The van der Waals surface area contributed by atoms with Gasteiger partial charge >= 0.3 is 5.97 Å². The smallest absolute Gasteiger partial charge is 0.337 e. The molecule has 0 saturated carbocycles. The number of rotatable bonds is 5. The van der Waals surface area contributed by atoms with E-state index in [4.69, 9.17) is 5.73 Å². The fourth-order valence-electron chi connectivity index (χ4n) is 2.93. The fourth-order valence-corrected chi connectivity index (χ4v) is 2.93. The number of carbonyl (C=O) groups excluding carboxylic acids is 1. The Morgan fingerprint density at radius 3 is 2.04 bits per heavy atom. The summed E-state index contributed by atoms with van der Waals surface area (Å²) in [5, 5.41) is 13.6. The first-order chi connectivity index (χ1) is 11.6. The molecule has 0 aliphatic rings. The molecule has 1 aromatic heterocycles. The van der Waals surface area contributed by atoms with Crippen LogP contribution in [0.25, 0.3) is 21.8 Å². The van der Waals surface area contributed by atoms with Gasteiger partial charge in [0.1, 0.15) is 0 Å². The Kier molecular flexibility index (Phi) is 4.39. The van der Waals surface area contributed by atoms with E-state index in [1.807, 2.05) is 28.8 Å². The minimum absolute atomic E-state index is 0.0981. The predicted molar refractivity (Wildman–Crippen MR) is 90.7 cm³/mol. The molecule has 0 radical (unpaired) electrons. The maximum atomic E-state index is 12.2. The van der Waals surface area contributed by atoms with Gasteiger partial charge in [-0.15, -0.1) is 0 Å². The van der Waals surface area contributed by atoms with Gasteiger partial charge in [0, 0.05) is 25.2 Å². The topological polar surface area (TPSA) is 96.3 Å². The Labute approximate surface area is 138 Å². The first kappa shape index (κ1) is 15.9. The van der Waals surface area contributed by atoms with Gasteiger partial charge in [0.25, 0.3) is 5.91 Å². The van der Waals surface area contributed by atoms with E-state index in [0.717, 1.165) is 0 Å². The molecule has 3 rings (SSSR count). The van der Waals surface area contributed by atoms with E-state index in [9.17, 15) is 14.7 Å². The molecular weight excluding hydrogens is 306 g/mol. The van der Waals surface area contributed by atoms with Crippen LogP contribution in [0.4, 0.5) is 0 Å². The highest BCUT2D eigenvalue weighted by Crippen LogP contribution is 2.24. The van der Waals surface area contributed by atoms with Crippen molar-refractivity contribution in [1.82, 2.24) is 5.32 Å². The average Bonchev–Trinajstić information content (AvgIpc) is 2.59. The fraction of sp³-hybridized carbons (Fsp3) is 0.167. The molecule has 0 saturated heterocycles. The van der Waals surface area contributed by atoms with Crippen molar-refractivity contribution in [3.63, 3.8) is 0 Å². The van der Waals surface area contributed by atoms with Crippen molar-refractivity contribution in [2.24, 2.45) is 5.73 Å². The highest BCUT2D eigenvalue weighted by atomic mass is 16.4. The number of carboxylic acid groups (broad SMARTS) is 1. The molecule has 0 aliphatic heterocycles. The largest absolute Gasteiger partial charge is 0.478 e. The summed E-state index contributed by atoms with van der Waals surface area (Å²) < 4.78 is 1.84. The van der Waals surface area contributed by atoms with Crippen LogP contribution in [0.2, 0.25) is 0 Å². The molecule has 0 unspecified atom stereocenters. The van der Waals surface area contributed by atoms with E-state index in [0.29, 0.717) is 34.9 Å². The lowest BCUT2D eigenvalue weighted by atomic mass is 10.0. The third kappa shape index (κ3) is 2.79. The minimum atomic E-state index is -0.984. The molecule has 0 spiro atoms. The van der Waals surface area contributed by atoms with Crippen LogP contribution < -0.4 is 15.6 Å². The van der Waals surface area contributed by atoms with Gasteiger partial charge in [-0.1, -0.05) is 24.3 Å². The number of amides is 1. The first-order valence-electron chi connectivity index (χ1n) is 7.67. The van der Waals surface area contributed by atoms with E-state index < -0.39 is 5.97 Å². The van der Waals surface area contributed by atoms with Crippen LogP contribution in [-0.2, 0) is 11.3 Å². The number of hydrogen-bond donors (Lipinski definition) is 3. The highest BCUT2D eigenvalue weighted by molar-refractivity contribution is 6.12. The van der Waals surface area contributed by atoms with E-state index in [2.05, 4.69) is 5.32 Å². The molecule has 0 aliphatic carbocycles. The molecule has 4 N–H and O–H groups in total. The second kappa shape index (κ2) is 6.64. The van der Waals surface area contributed by atoms with Crippen molar-refractivity contribution in [1.29, 1.82) is 0 Å². The zero-order chi connectivity index (χ0) is 17.1. The zero-order valence-corrected chi connectivity index (χ0v) is 13.0. The summed E-state index contributed by atoms with van der Waals surface area (Å²) in [6.07, 6.45) is 0. The third-order valence-corrected chi connectivity index (χ3v) is 3.91. The van der Waals surface area contributed by atoms with Crippen molar-refractivity contribution in [2.75, 3.05) is 13.1 Å². The van der Waals surface area contributed by atoms with Gasteiger partial charge in [-0.05, 0) is 12.1 Å². The van der Waals surface area contributed by atoms with Crippen LogP contribution in [0.5, 0.6) is 0 Å². The lowest BCUT2D eigenvalue weighted by Gasteiger charge is -2.09. The number of hydrogen-bond acceptors (Lipinski definition) is 3. The molecular formula is C18H18N3O3+. The summed E-state index contributed by atoms with van der Waals surface area (Å²) in [5.74, 6) is -1.15. The Morgan fingerprint density at radius 2 is 1.54 bits per heavy atom. The number of aromatic carboxylic acids is 1. The number of carbonyl (C=O) groups is 2. The summed E-state index contributed by atoms with van der Waals surface area (Å²) in [7, 11) is 0. The third-order valence-electron chi connectivity index (χ3n) is 3.91. The lowest BCUT2D eigenvalue weighted by molar-refractivity contribution is -0.632. The van der Waals surface area contributed by atoms with Crippen molar-refractivity contribution >= 4 is 33.7 Å². The van der Waals surface area contributed by atoms with Gasteiger partial charge in [0.05, 0.1) is 16.3 Å². The molecule has 122 valence electrons. The van der Waals surface area contributed by atoms with Gasteiger partial charge < -0.3 is 16.2 Å². The number of aromatic nitrogens is 1. The molecule has 0 bridgehead atoms. The van der Waals surface area contributed by atoms with Crippen LogP contribution in [0.1, 0.15) is 10.4 Å². The van der Waals surface area contributed by atoms with Crippen LogP contribution in [0, 0.1) is 0 Å². The van der Waals surface area contributed by atoms with Crippen LogP contribution in [0.15, 0.2) is 48.5 Å². The number of fused-ring (bicyclic) bond motifs is 2. The SMILES string of the molecule is NCCNC(=O)C[n+]1c2ccccc2c(C(=O)O)c2ccccc21. The summed E-state index contributed by atoms with van der Waals surface area (Å²) in [4.78, 5) is 24.0. The average molecular weight is 324 g/mol. The number of nitrogens with zero attached hydrogens (tertiary/aromatic N) is 1. The van der Waals surface area contributed by atoms with Gasteiger partial charge in [0.2, 0.25) is 17.6 Å². The molecule has 3 aromatic rings. The molecule has 0 atom stereocenters. The summed E-state index contributed by atoms with van der Waals surface area (Å²) >= 11 is 0. The number of para-hydroxylation sites is 2. The van der Waals surface area contributed by atoms with Crippen LogP contribution in [-0.4, -0.2) is 30.1 Å². The standard InChI is InChI=1S/C18H17N3O3/c19-9-10-20-16(22)11-21-14-7-3-1-5-12(14)17(18(23)24)13-6-2-4-8-15(13)21/h1-8H,9-11,19H2,(H-,20,22,23,24)/p+1. The van der Waals surface area contributed by atoms with Crippen molar-refractivity contribution in [3.05, 3.63) is 54.1 Å². The Balaban J connectivity index is 2.28. The number of carboxylic acids is 1. The predicted octanol–water partition coefficient (Wildman–Crippen LogP) is 1.05. The van der Waals surface area contributed by atoms with E-state index in [1.165, 1.54) is 0 Å². The molecule has 6 heteroatoms. The van der Waals surface area contributed by atoms with Crippen molar-refractivity contribution in [2.45, 2.75) is 6.54 Å². The Bertz CT molecular complexity index is 880. The van der Waals surface area contributed by atoms with Crippen molar-refractivity contribution < 1.29 is 19.3 Å². The zero-order valence-electron chi connectivity index (χ0n) is 13.0. The van der Waals surface area contributed by atoms with Crippen LogP contribution in [0.3, 0.4) is 0 Å². The molecule has 1 amide bonds. The quantitative estimate of drug-likeness (QED) is 0.483. The second-order valence-electron chi connectivity index (χ2n) is 5.44.